The summed E-state index contributed by atoms with van der Waals surface area (Å²) in [6, 6.07) is 11.1. The second-order valence-electron chi connectivity index (χ2n) is 5.85. The molecule has 0 aliphatic rings. The van der Waals surface area contributed by atoms with Crippen molar-refractivity contribution < 1.29 is 28.4 Å². The summed E-state index contributed by atoms with van der Waals surface area (Å²) in [6.07, 6.45) is 1.71. The van der Waals surface area contributed by atoms with Crippen molar-refractivity contribution in [2.45, 2.75) is 18.4 Å². The van der Waals surface area contributed by atoms with E-state index in [9.17, 15) is 19.7 Å². The van der Waals surface area contributed by atoms with Crippen LogP contribution in [0, 0.1) is 10.1 Å². The Bertz CT molecular complexity index is 1090. The Morgan fingerprint density at radius 3 is 2.59 bits per heavy atom. The first kappa shape index (κ1) is 20.4. The van der Waals surface area contributed by atoms with E-state index < -0.39 is 16.9 Å². The molecule has 0 unspecified atom stereocenters. The SMILES string of the molecule is CCOC(=O)c1oc2ccccc2c1COC(=O)c1ccc(SC)c([N+](=O)[O-])c1. The maximum Gasteiger partial charge on any atom is 0.374 e. The molecule has 0 saturated heterocycles. The molecule has 1 aromatic heterocycles. The van der Waals surface area contributed by atoms with Crippen LogP contribution in [0.3, 0.4) is 0 Å². The monoisotopic (exact) mass is 415 g/mol. The van der Waals surface area contributed by atoms with Crippen molar-refractivity contribution in [3.8, 4) is 0 Å². The topological polar surface area (TPSA) is 109 Å². The lowest BCUT2D eigenvalue weighted by Gasteiger charge is -2.07. The average Bonchev–Trinajstić information content (AvgIpc) is 3.10. The summed E-state index contributed by atoms with van der Waals surface area (Å²) in [5.41, 5.74) is 0.706. The number of nitrogens with zero attached hydrogens (tertiary/aromatic N) is 1. The van der Waals surface area contributed by atoms with Crippen molar-refractivity contribution >= 4 is 40.4 Å². The number of carbonyl (C=O) groups excluding carboxylic acids is 2. The van der Waals surface area contributed by atoms with Crippen LogP contribution < -0.4 is 0 Å². The lowest BCUT2D eigenvalue weighted by atomic mass is 10.1. The van der Waals surface area contributed by atoms with Crippen LogP contribution in [0.25, 0.3) is 11.0 Å². The molecule has 0 fully saturated rings. The molecular formula is C20H17NO7S. The highest BCUT2D eigenvalue weighted by Crippen LogP contribution is 2.30. The van der Waals surface area contributed by atoms with E-state index in [0.717, 1.165) is 0 Å². The van der Waals surface area contributed by atoms with Gasteiger partial charge in [0.1, 0.15) is 12.2 Å². The summed E-state index contributed by atoms with van der Waals surface area (Å²) in [5, 5.41) is 11.8. The van der Waals surface area contributed by atoms with Gasteiger partial charge >= 0.3 is 11.9 Å². The van der Waals surface area contributed by atoms with Crippen LogP contribution in [-0.2, 0) is 16.1 Å². The third-order valence-electron chi connectivity index (χ3n) is 4.12. The van der Waals surface area contributed by atoms with E-state index in [1.54, 1.807) is 37.4 Å². The highest BCUT2D eigenvalue weighted by Gasteiger charge is 2.24. The molecule has 0 saturated carbocycles. The molecule has 3 aromatic rings. The molecule has 0 atom stereocenters. The highest BCUT2D eigenvalue weighted by atomic mass is 32.2. The van der Waals surface area contributed by atoms with E-state index in [4.69, 9.17) is 13.9 Å². The Morgan fingerprint density at radius 1 is 1.14 bits per heavy atom. The fourth-order valence-electron chi connectivity index (χ4n) is 2.78. The number of fused-ring (bicyclic) bond motifs is 1. The van der Waals surface area contributed by atoms with E-state index in [1.807, 2.05) is 0 Å². The van der Waals surface area contributed by atoms with Gasteiger partial charge in [0.2, 0.25) is 5.76 Å². The van der Waals surface area contributed by atoms with Crippen LogP contribution in [0.5, 0.6) is 0 Å². The first-order valence-electron chi connectivity index (χ1n) is 8.63. The fourth-order valence-corrected chi connectivity index (χ4v) is 3.33. The molecule has 0 radical (unpaired) electrons. The normalized spacial score (nSPS) is 10.7. The van der Waals surface area contributed by atoms with Gasteiger partial charge in [-0.15, -0.1) is 11.8 Å². The van der Waals surface area contributed by atoms with Crippen molar-refractivity contribution in [1.82, 2.24) is 0 Å². The van der Waals surface area contributed by atoms with Crippen LogP contribution in [-0.4, -0.2) is 29.7 Å². The summed E-state index contributed by atoms with van der Waals surface area (Å²) in [7, 11) is 0. The molecule has 0 amide bonds. The van der Waals surface area contributed by atoms with Crippen LogP contribution in [0.15, 0.2) is 51.8 Å². The molecule has 150 valence electrons. The van der Waals surface area contributed by atoms with E-state index in [2.05, 4.69) is 0 Å². The van der Waals surface area contributed by atoms with Crippen LogP contribution in [0.1, 0.15) is 33.4 Å². The zero-order valence-electron chi connectivity index (χ0n) is 15.7. The maximum atomic E-state index is 12.5. The third kappa shape index (κ3) is 4.24. The minimum Gasteiger partial charge on any atom is -0.460 e. The largest absolute Gasteiger partial charge is 0.460 e. The standard InChI is InChI=1S/C20H17NO7S/c1-3-26-20(23)18-14(13-6-4-5-7-16(13)28-18)11-27-19(22)12-8-9-17(29-2)15(10-12)21(24)25/h4-10H,3,11H2,1-2H3. The molecule has 9 heteroatoms. The lowest BCUT2D eigenvalue weighted by Crippen LogP contribution is -2.10. The highest BCUT2D eigenvalue weighted by molar-refractivity contribution is 7.98. The molecule has 3 rings (SSSR count). The number of nitro benzene ring substituents is 1. The number of carbonyl (C=O) groups is 2. The molecule has 0 aliphatic carbocycles. The van der Waals surface area contributed by atoms with Gasteiger partial charge in [-0.05, 0) is 31.4 Å². The van der Waals surface area contributed by atoms with Crippen molar-refractivity contribution in [1.29, 1.82) is 0 Å². The first-order valence-corrected chi connectivity index (χ1v) is 9.85. The minimum absolute atomic E-state index is 0.0374. The Hall–Kier alpha value is -3.33. The minimum atomic E-state index is -0.749. The zero-order valence-corrected chi connectivity index (χ0v) is 16.5. The summed E-state index contributed by atoms with van der Waals surface area (Å²) >= 11 is 1.21. The predicted molar refractivity (Wildman–Crippen MR) is 106 cm³/mol. The Kier molecular flexibility index (Phi) is 6.18. The number of esters is 2. The number of benzene rings is 2. The molecule has 2 aromatic carbocycles. The molecule has 0 bridgehead atoms. The smallest absolute Gasteiger partial charge is 0.374 e. The van der Waals surface area contributed by atoms with Gasteiger partial charge in [0.15, 0.2) is 0 Å². The van der Waals surface area contributed by atoms with Crippen LogP contribution >= 0.6 is 11.8 Å². The summed E-state index contributed by atoms with van der Waals surface area (Å²) in [4.78, 5) is 35.8. The first-order chi connectivity index (χ1) is 14.0. The second kappa shape index (κ2) is 8.78. The summed E-state index contributed by atoms with van der Waals surface area (Å²) in [5.74, 6) is -1.44. The second-order valence-corrected chi connectivity index (χ2v) is 6.69. The third-order valence-corrected chi connectivity index (χ3v) is 4.90. The Labute approximate surface area is 169 Å². The van der Waals surface area contributed by atoms with Gasteiger partial charge < -0.3 is 13.9 Å². The molecule has 0 N–H and O–H groups in total. The number of furan rings is 1. The summed E-state index contributed by atoms with van der Waals surface area (Å²) < 4.78 is 15.9. The number of nitro groups is 1. The van der Waals surface area contributed by atoms with Crippen LogP contribution in [0.2, 0.25) is 0 Å². The molecular weight excluding hydrogens is 398 g/mol. The van der Waals surface area contributed by atoms with E-state index in [0.29, 0.717) is 21.4 Å². The Morgan fingerprint density at radius 2 is 1.90 bits per heavy atom. The van der Waals surface area contributed by atoms with Gasteiger partial charge in [0.05, 0.1) is 27.6 Å². The molecule has 8 nitrogen and oxygen atoms in total. The van der Waals surface area contributed by atoms with Crippen molar-refractivity contribution in [3.05, 3.63) is 69.5 Å². The molecule has 1 heterocycles. The number of hydrogen-bond donors (Lipinski definition) is 0. The van der Waals surface area contributed by atoms with Gasteiger partial charge in [-0.3, -0.25) is 10.1 Å². The lowest BCUT2D eigenvalue weighted by molar-refractivity contribution is -0.387. The van der Waals surface area contributed by atoms with Crippen molar-refractivity contribution in [2.24, 2.45) is 0 Å². The molecule has 0 aliphatic heterocycles. The maximum absolute atomic E-state index is 12.5. The van der Waals surface area contributed by atoms with Gasteiger partial charge in [0.25, 0.3) is 5.69 Å². The van der Waals surface area contributed by atoms with Gasteiger partial charge in [-0.1, -0.05) is 18.2 Å². The number of para-hydroxylation sites is 1. The molecule has 0 spiro atoms. The van der Waals surface area contributed by atoms with Gasteiger partial charge in [0, 0.05) is 11.5 Å². The average molecular weight is 415 g/mol. The van der Waals surface area contributed by atoms with Gasteiger partial charge in [-0.25, -0.2) is 9.59 Å². The Balaban J connectivity index is 1.88. The predicted octanol–water partition coefficient (Wildman–Crippen LogP) is 4.60. The fraction of sp³-hybridized carbons (Fsp3) is 0.200. The number of rotatable bonds is 7. The van der Waals surface area contributed by atoms with E-state index in [1.165, 1.54) is 30.0 Å². The number of thioether (sulfide) groups is 1. The zero-order chi connectivity index (χ0) is 21.0. The number of ether oxygens (including phenoxy) is 2. The van der Waals surface area contributed by atoms with E-state index in [-0.39, 0.29) is 30.2 Å². The van der Waals surface area contributed by atoms with Gasteiger partial charge in [-0.2, -0.15) is 0 Å². The molecule has 29 heavy (non-hydrogen) atoms. The quantitative estimate of drug-likeness (QED) is 0.238. The van der Waals surface area contributed by atoms with E-state index >= 15 is 0 Å². The van der Waals surface area contributed by atoms with Crippen molar-refractivity contribution in [3.63, 3.8) is 0 Å². The van der Waals surface area contributed by atoms with Crippen LogP contribution in [0.4, 0.5) is 5.69 Å². The van der Waals surface area contributed by atoms with Crippen molar-refractivity contribution in [2.75, 3.05) is 12.9 Å². The summed E-state index contributed by atoms with van der Waals surface area (Å²) in [6.45, 7) is 1.59. The number of hydrogen-bond acceptors (Lipinski definition) is 8.